The van der Waals surface area contributed by atoms with E-state index in [4.69, 9.17) is 0 Å². The van der Waals surface area contributed by atoms with E-state index in [0.29, 0.717) is 6.41 Å². The van der Waals surface area contributed by atoms with Crippen molar-refractivity contribution in [1.29, 1.82) is 0 Å². The smallest absolute Gasteiger partial charge is 0.283 e. The lowest BCUT2D eigenvalue weighted by Crippen LogP contribution is -2.42. The largest absolute Gasteiger partial charge is 0.332 e. The number of nitrogens with one attached hydrogen (secondary N) is 2. The third kappa shape index (κ3) is 5.22. The first kappa shape index (κ1) is 22.6. The number of aromatic amines is 1. The van der Waals surface area contributed by atoms with Gasteiger partial charge < -0.3 is 0 Å². The molecule has 1 aliphatic rings. The number of aromatic nitrogens is 4. The van der Waals surface area contributed by atoms with Crippen LogP contribution in [0.5, 0.6) is 0 Å². The van der Waals surface area contributed by atoms with Crippen molar-refractivity contribution < 1.29 is 9.59 Å². The maximum Gasteiger partial charge on any atom is 0.332 e. The zero-order valence-corrected chi connectivity index (χ0v) is 20.2. The van der Waals surface area contributed by atoms with Gasteiger partial charge >= 0.3 is 6.03 Å². The first-order valence-electron chi connectivity index (χ1n) is 10.3. The highest BCUT2D eigenvalue weighted by atomic mass is 32.2. The summed E-state index contributed by atoms with van der Waals surface area (Å²) in [5.41, 5.74) is 3.60. The molecule has 0 aliphatic heterocycles. The number of carbonyl (C=O) groups is 2. The Morgan fingerprint density at radius 2 is 2.16 bits per heavy atom. The van der Waals surface area contributed by atoms with Crippen LogP contribution in [0, 0.1) is 13.8 Å². The van der Waals surface area contributed by atoms with Gasteiger partial charge in [-0.15, -0.1) is 11.3 Å². The number of nitrogens with zero attached hydrogens (tertiary/aromatic N) is 5. The lowest BCUT2D eigenvalue weighted by Gasteiger charge is -2.26. The Morgan fingerprint density at radius 3 is 2.75 bits per heavy atom. The molecule has 0 atom stereocenters. The van der Waals surface area contributed by atoms with E-state index in [1.54, 1.807) is 41.0 Å². The van der Waals surface area contributed by atoms with Crippen molar-refractivity contribution in [2.45, 2.75) is 56.5 Å². The second-order valence-electron chi connectivity index (χ2n) is 8.48. The van der Waals surface area contributed by atoms with Crippen LogP contribution in [-0.4, -0.2) is 42.9 Å². The Balaban J connectivity index is 1.59. The van der Waals surface area contributed by atoms with Gasteiger partial charge in [-0.25, -0.2) is 4.79 Å². The zero-order valence-electron chi connectivity index (χ0n) is 18.6. The number of aryl methyl sites for hydroxylation is 3. The van der Waals surface area contributed by atoms with Gasteiger partial charge in [-0.1, -0.05) is 0 Å². The number of hydrogen-bond acceptors (Lipinski definition) is 7. The fraction of sp³-hybridized carbons (Fsp3) is 0.429. The number of thiophene rings is 1. The van der Waals surface area contributed by atoms with Crippen LogP contribution in [0.15, 0.2) is 28.7 Å². The van der Waals surface area contributed by atoms with Crippen LogP contribution >= 0.6 is 23.3 Å². The molecule has 0 unspecified atom stereocenters. The van der Waals surface area contributed by atoms with Crippen molar-refractivity contribution >= 4 is 40.7 Å². The fourth-order valence-corrected chi connectivity index (χ4v) is 5.44. The third-order valence-corrected chi connectivity index (χ3v) is 7.77. The summed E-state index contributed by atoms with van der Waals surface area (Å²) >= 11 is 3.14. The summed E-state index contributed by atoms with van der Waals surface area (Å²) in [5.74, 6) is 0. The van der Waals surface area contributed by atoms with Gasteiger partial charge in [0.25, 0.3) is 0 Å². The average Bonchev–Trinajstić information content (AvgIpc) is 3.07. The van der Waals surface area contributed by atoms with E-state index in [1.165, 1.54) is 29.1 Å². The van der Waals surface area contributed by atoms with E-state index in [-0.39, 0.29) is 18.6 Å². The molecule has 1 aliphatic carbocycles. The molecule has 3 amide bonds. The zero-order chi connectivity index (χ0) is 22.9. The Labute approximate surface area is 195 Å². The quantitative estimate of drug-likeness (QED) is 0.363. The summed E-state index contributed by atoms with van der Waals surface area (Å²) in [6.07, 6.45) is 6.36. The predicted octanol–water partition coefficient (Wildman–Crippen LogP) is 3.76. The van der Waals surface area contributed by atoms with Gasteiger partial charge in [0.05, 0.1) is 29.2 Å². The van der Waals surface area contributed by atoms with Gasteiger partial charge in [0, 0.05) is 30.0 Å². The Hall–Kier alpha value is -2.63. The molecule has 9 nitrogen and oxygen atoms in total. The minimum absolute atomic E-state index is 0.151. The second-order valence-corrected chi connectivity index (χ2v) is 10.6. The van der Waals surface area contributed by atoms with Crippen molar-refractivity contribution in [3.8, 4) is 0 Å². The minimum Gasteiger partial charge on any atom is -0.283 e. The summed E-state index contributed by atoms with van der Waals surface area (Å²) in [4.78, 5) is 28.2. The molecular weight excluding hydrogens is 446 g/mol. The maximum atomic E-state index is 13.5. The van der Waals surface area contributed by atoms with Crippen LogP contribution in [0.25, 0.3) is 0 Å². The first-order valence-corrected chi connectivity index (χ1v) is 12.0. The van der Waals surface area contributed by atoms with Crippen molar-refractivity contribution in [2.24, 2.45) is 7.05 Å². The molecule has 0 saturated heterocycles. The molecule has 1 fully saturated rings. The van der Waals surface area contributed by atoms with Crippen LogP contribution < -0.4 is 9.62 Å². The van der Waals surface area contributed by atoms with Crippen LogP contribution in [0.4, 0.5) is 9.80 Å². The van der Waals surface area contributed by atoms with E-state index >= 15 is 0 Å². The molecule has 4 rings (SSSR count). The highest BCUT2D eigenvalue weighted by Gasteiger charge is 2.37. The standard InChI is InChI=1S/C21H27N7O2S2/c1-14-7-18(32-25-21(3)5-6-21)31-19(14)28(12-17-8-15(2)23-24-17)20(30)27(13-29)11-16-9-22-26(4)10-16/h7-10,13,25H,5-6,11-12H2,1-4H3,(H,23,24). The van der Waals surface area contributed by atoms with Gasteiger partial charge in [-0.2, -0.15) is 10.2 Å². The van der Waals surface area contributed by atoms with E-state index in [1.807, 2.05) is 19.9 Å². The number of anilines is 1. The van der Waals surface area contributed by atoms with Crippen molar-refractivity contribution in [1.82, 2.24) is 29.6 Å². The van der Waals surface area contributed by atoms with E-state index < -0.39 is 6.03 Å². The van der Waals surface area contributed by atoms with Crippen molar-refractivity contribution in [3.63, 3.8) is 0 Å². The maximum absolute atomic E-state index is 13.5. The number of urea groups is 1. The molecule has 3 heterocycles. The van der Waals surface area contributed by atoms with E-state index in [2.05, 4.69) is 33.0 Å². The SMILES string of the molecule is Cc1cc(CN(C(=O)N(C=O)Cc2cnn(C)c2)c2sc(SNC3(C)CC3)cc2C)n[nH]1. The van der Waals surface area contributed by atoms with Gasteiger partial charge in [0.2, 0.25) is 6.41 Å². The number of amides is 3. The average molecular weight is 474 g/mol. The molecule has 0 aromatic carbocycles. The highest BCUT2D eigenvalue weighted by Crippen LogP contribution is 2.41. The summed E-state index contributed by atoms with van der Waals surface area (Å²) in [5, 5.41) is 12.1. The van der Waals surface area contributed by atoms with E-state index in [0.717, 1.165) is 31.7 Å². The molecule has 0 spiro atoms. The van der Waals surface area contributed by atoms with Crippen LogP contribution in [0.2, 0.25) is 0 Å². The molecule has 1 saturated carbocycles. The molecule has 170 valence electrons. The van der Waals surface area contributed by atoms with Gasteiger partial charge in [-0.05, 0) is 63.3 Å². The Morgan fingerprint density at radius 1 is 1.38 bits per heavy atom. The van der Waals surface area contributed by atoms with Gasteiger partial charge in [0.15, 0.2) is 0 Å². The van der Waals surface area contributed by atoms with Crippen molar-refractivity contribution in [3.05, 3.63) is 47.0 Å². The fourth-order valence-electron chi connectivity index (χ4n) is 3.22. The number of rotatable bonds is 9. The number of H-pyrrole nitrogens is 1. The molecule has 11 heteroatoms. The number of carbonyl (C=O) groups excluding carboxylic acids is 2. The Bertz CT molecular complexity index is 1120. The molecule has 3 aromatic rings. The lowest BCUT2D eigenvalue weighted by molar-refractivity contribution is -0.115. The molecular formula is C21H27N7O2S2. The molecule has 32 heavy (non-hydrogen) atoms. The summed E-state index contributed by atoms with van der Waals surface area (Å²) < 4.78 is 6.23. The number of imide groups is 1. The molecule has 0 radical (unpaired) electrons. The van der Waals surface area contributed by atoms with E-state index in [9.17, 15) is 9.59 Å². The third-order valence-electron chi connectivity index (χ3n) is 5.31. The van der Waals surface area contributed by atoms with Crippen LogP contribution in [0.1, 0.15) is 42.3 Å². The highest BCUT2D eigenvalue weighted by molar-refractivity contribution is 7.99. The molecule has 0 bridgehead atoms. The summed E-state index contributed by atoms with van der Waals surface area (Å²) in [6, 6.07) is 3.58. The normalized spacial score (nSPS) is 14.4. The Kier molecular flexibility index (Phi) is 6.40. The minimum atomic E-state index is -0.395. The van der Waals surface area contributed by atoms with Gasteiger partial charge in [-0.3, -0.25) is 29.1 Å². The lowest BCUT2D eigenvalue weighted by atomic mass is 10.3. The molecule has 3 aromatic heterocycles. The van der Waals surface area contributed by atoms with Crippen LogP contribution in [0.3, 0.4) is 0 Å². The number of hydrogen-bond donors (Lipinski definition) is 2. The molecule has 2 N–H and O–H groups in total. The predicted molar refractivity (Wildman–Crippen MR) is 125 cm³/mol. The topological polar surface area (TPSA) is 99.2 Å². The monoisotopic (exact) mass is 473 g/mol. The second kappa shape index (κ2) is 9.08. The summed E-state index contributed by atoms with van der Waals surface area (Å²) in [7, 11) is 1.80. The summed E-state index contributed by atoms with van der Waals surface area (Å²) in [6.45, 7) is 6.52. The first-order chi connectivity index (χ1) is 15.3. The van der Waals surface area contributed by atoms with Gasteiger partial charge in [0.1, 0.15) is 5.00 Å². The van der Waals surface area contributed by atoms with Crippen molar-refractivity contribution in [2.75, 3.05) is 4.90 Å². The van der Waals surface area contributed by atoms with Crippen LogP contribution in [-0.2, 0) is 24.9 Å².